The molecule has 7 heteroatoms. The SMILES string of the molecule is CCN1C(=O)c2ccccc2Sc2cc(-c3noc(-c4ccccc4F)n3)ccc21. The van der Waals surface area contributed by atoms with Gasteiger partial charge in [0.1, 0.15) is 5.82 Å². The fraction of sp³-hybridized carbons (Fsp3) is 0.0870. The molecule has 0 atom stereocenters. The Hall–Kier alpha value is -3.45. The molecule has 0 fully saturated rings. The van der Waals surface area contributed by atoms with Crippen LogP contribution < -0.4 is 4.90 Å². The minimum Gasteiger partial charge on any atom is -0.334 e. The Morgan fingerprint density at radius 1 is 1.00 bits per heavy atom. The number of anilines is 1. The number of hydrogen-bond acceptors (Lipinski definition) is 5. The molecule has 30 heavy (non-hydrogen) atoms. The summed E-state index contributed by atoms with van der Waals surface area (Å²) in [5.74, 6) is 0.0531. The molecule has 1 amide bonds. The van der Waals surface area contributed by atoms with Crippen LogP contribution in [0.4, 0.5) is 10.1 Å². The maximum absolute atomic E-state index is 14.0. The Morgan fingerprint density at radius 2 is 1.77 bits per heavy atom. The van der Waals surface area contributed by atoms with Gasteiger partial charge in [-0.3, -0.25) is 4.79 Å². The van der Waals surface area contributed by atoms with E-state index >= 15 is 0 Å². The third kappa shape index (κ3) is 3.07. The van der Waals surface area contributed by atoms with Crippen molar-refractivity contribution in [3.63, 3.8) is 0 Å². The number of amides is 1. The van der Waals surface area contributed by atoms with E-state index in [-0.39, 0.29) is 17.4 Å². The number of hydrogen-bond donors (Lipinski definition) is 0. The van der Waals surface area contributed by atoms with Gasteiger partial charge >= 0.3 is 0 Å². The molecule has 0 radical (unpaired) electrons. The van der Waals surface area contributed by atoms with E-state index in [0.29, 0.717) is 17.9 Å². The number of fused-ring (bicyclic) bond motifs is 2. The maximum Gasteiger partial charge on any atom is 0.261 e. The van der Waals surface area contributed by atoms with Crippen molar-refractivity contribution in [3.8, 4) is 22.8 Å². The summed E-state index contributed by atoms with van der Waals surface area (Å²) in [5, 5.41) is 4.03. The van der Waals surface area contributed by atoms with Crippen LogP contribution in [0.5, 0.6) is 0 Å². The van der Waals surface area contributed by atoms with E-state index in [2.05, 4.69) is 10.1 Å². The summed E-state index contributed by atoms with van der Waals surface area (Å²) in [6.07, 6.45) is 0. The predicted molar refractivity (Wildman–Crippen MR) is 113 cm³/mol. The zero-order valence-corrected chi connectivity index (χ0v) is 16.8. The van der Waals surface area contributed by atoms with Crippen LogP contribution in [0.3, 0.4) is 0 Å². The smallest absolute Gasteiger partial charge is 0.261 e. The van der Waals surface area contributed by atoms with Crippen LogP contribution in [0.15, 0.2) is 81.0 Å². The number of benzene rings is 3. The number of aromatic nitrogens is 2. The highest BCUT2D eigenvalue weighted by molar-refractivity contribution is 7.99. The molecule has 0 aliphatic carbocycles. The third-order valence-corrected chi connectivity index (χ3v) is 6.06. The molecule has 0 spiro atoms. The van der Waals surface area contributed by atoms with Crippen LogP contribution in [0.25, 0.3) is 22.8 Å². The van der Waals surface area contributed by atoms with Crippen molar-refractivity contribution in [2.75, 3.05) is 11.4 Å². The molecule has 1 aliphatic rings. The predicted octanol–water partition coefficient (Wildman–Crippen LogP) is 5.67. The molecular weight excluding hydrogens is 401 g/mol. The molecule has 1 aromatic heterocycles. The third-order valence-electron chi connectivity index (χ3n) is 4.94. The highest BCUT2D eigenvalue weighted by Gasteiger charge is 2.26. The van der Waals surface area contributed by atoms with Gasteiger partial charge in [0, 0.05) is 21.9 Å². The van der Waals surface area contributed by atoms with Crippen molar-refractivity contribution in [3.05, 3.63) is 78.1 Å². The number of halogens is 1. The summed E-state index contributed by atoms with van der Waals surface area (Å²) in [6.45, 7) is 2.51. The lowest BCUT2D eigenvalue weighted by Gasteiger charge is -2.21. The second-order valence-corrected chi connectivity index (χ2v) is 7.82. The van der Waals surface area contributed by atoms with Crippen LogP contribution in [0.1, 0.15) is 17.3 Å². The summed E-state index contributed by atoms with van der Waals surface area (Å²) in [6, 6.07) is 19.5. The van der Waals surface area contributed by atoms with Crippen molar-refractivity contribution in [1.82, 2.24) is 10.1 Å². The number of carbonyl (C=O) groups excluding carboxylic acids is 1. The van der Waals surface area contributed by atoms with Crippen molar-refractivity contribution >= 4 is 23.4 Å². The van der Waals surface area contributed by atoms with Crippen LogP contribution in [-0.4, -0.2) is 22.6 Å². The van der Waals surface area contributed by atoms with E-state index in [4.69, 9.17) is 4.52 Å². The molecule has 0 unspecified atom stereocenters. The zero-order valence-electron chi connectivity index (χ0n) is 16.0. The fourth-order valence-corrected chi connectivity index (χ4v) is 4.58. The highest BCUT2D eigenvalue weighted by Crippen LogP contribution is 2.42. The molecule has 0 saturated heterocycles. The molecule has 0 N–H and O–H groups in total. The molecule has 0 saturated carbocycles. The topological polar surface area (TPSA) is 59.2 Å². The second-order valence-electron chi connectivity index (χ2n) is 6.73. The minimum atomic E-state index is -0.418. The fourth-order valence-electron chi connectivity index (χ4n) is 3.46. The number of rotatable bonds is 3. The lowest BCUT2D eigenvalue weighted by molar-refractivity contribution is 0.0985. The molecule has 5 nitrogen and oxygen atoms in total. The quantitative estimate of drug-likeness (QED) is 0.430. The molecule has 1 aliphatic heterocycles. The summed E-state index contributed by atoms with van der Waals surface area (Å²) in [7, 11) is 0. The first kappa shape index (κ1) is 18.6. The molecule has 5 rings (SSSR count). The van der Waals surface area contributed by atoms with Crippen LogP contribution in [-0.2, 0) is 0 Å². The van der Waals surface area contributed by atoms with Crippen molar-refractivity contribution < 1.29 is 13.7 Å². The molecular formula is C23H16FN3O2S. The average Bonchev–Trinajstić information content (AvgIpc) is 3.21. The first-order chi connectivity index (χ1) is 14.7. The first-order valence-corrected chi connectivity index (χ1v) is 10.3. The van der Waals surface area contributed by atoms with E-state index in [1.807, 2.05) is 49.4 Å². The van der Waals surface area contributed by atoms with Gasteiger partial charge < -0.3 is 9.42 Å². The van der Waals surface area contributed by atoms with E-state index in [1.54, 1.807) is 23.1 Å². The molecule has 148 valence electrons. The van der Waals surface area contributed by atoms with Crippen molar-refractivity contribution in [2.24, 2.45) is 0 Å². The molecule has 3 aromatic carbocycles. The Bertz CT molecular complexity index is 1270. The Kier molecular flexibility index (Phi) is 4.59. The van der Waals surface area contributed by atoms with Gasteiger partial charge in [0.2, 0.25) is 5.82 Å². The van der Waals surface area contributed by atoms with Gasteiger partial charge in [-0.1, -0.05) is 41.2 Å². The first-order valence-electron chi connectivity index (χ1n) is 9.47. The van der Waals surface area contributed by atoms with Crippen LogP contribution in [0.2, 0.25) is 0 Å². The summed E-state index contributed by atoms with van der Waals surface area (Å²) in [4.78, 5) is 21.0. The highest BCUT2D eigenvalue weighted by atomic mass is 32.2. The Balaban J connectivity index is 1.58. The van der Waals surface area contributed by atoms with Gasteiger partial charge in [-0.25, -0.2) is 4.39 Å². The lowest BCUT2D eigenvalue weighted by Crippen LogP contribution is -2.30. The summed E-state index contributed by atoms with van der Waals surface area (Å²) in [5.41, 5.74) is 2.52. The van der Waals surface area contributed by atoms with Gasteiger partial charge in [0.05, 0.1) is 16.8 Å². The summed E-state index contributed by atoms with van der Waals surface area (Å²) >= 11 is 1.53. The Morgan fingerprint density at radius 3 is 2.57 bits per heavy atom. The molecule has 0 bridgehead atoms. The largest absolute Gasteiger partial charge is 0.334 e. The van der Waals surface area contributed by atoms with Gasteiger partial charge in [-0.15, -0.1) is 0 Å². The summed E-state index contributed by atoms with van der Waals surface area (Å²) < 4.78 is 19.3. The monoisotopic (exact) mass is 417 g/mol. The van der Waals surface area contributed by atoms with Gasteiger partial charge in [0.25, 0.3) is 11.8 Å². The van der Waals surface area contributed by atoms with Gasteiger partial charge in [-0.05, 0) is 49.4 Å². The molecule has 4 aromatic rings. The Labute approximate surface area is 176 Å². The van der Waals surface area contributed by atoms with E-state index in [1.165, 1.54) is 17.8 Å². The van der Waals surface area contributed by atoms with E-state index < -0.39 is 5.82 Å². The van der Waals surface area contributed by atoms with Crippen LogP contribution >= 0.6 is 11.8 Å². The number of nitrogens with zero attached hydrogens (tertiary/aromatic N) is 3. The zero-order chi connectivity index (χ0) is 20.7. The normalized spacial score (nSPS) is 13.0. The van der Waals surface area contributed by atoms with Crippen molar-refractivity contribution in [1.29, 1.82) is 0 Å². The second kappa shape index (κ2) is 7.42. The van der Waals surface area contributed by atoms with Gasteiger partial charge in [0.15, 0.2) is 0 Å². The molecule has 2 heterocycles. The van der Waals surface area contributed by atoms with E-state index in [9.17, 15) is 9.18 Å². The van der Waals surface area contributed by atoms with Crippen molar-refractivity contribution in [2.45, 2.75) is 16.7 Å². The number of carbonyl (C=O) groups is 1. The van der Waals surface area contributed by atoms with E-state index in [0.717, 1.165) is 21.0 Å². The standard InChI is InChI=1S/C23H16FN3O2S/c1-2-27-18-12-11-14(13-20(18)30-19-10-6-4-8-16(19)23(27)28)21-25-22(29-26-21)15-7-3-5-9-17(15)24/h3-13H,2H2,1H3. The van der Waals surface area contributed by atoms with Gasteiger partial charge in [-0.2, -0.15) is 4.98 Å². The average molecular weight is 417 g/mol. The minimum absolute atomic E-state index is 0.0199. The van der Waals surface area contributed by atoms with Crippen LogP contribution in [0, 0.1) is 5.82 Å². The maximum atomic E-state index is 14.0. The lowest BCUT2D eigenvalue weighted by atomic mass is 10.1.